The van der Waals surface area contributed by atoms with E-state index < -0.39 is 17.5 Å². The average molecular weight is 384 g/mol. The highest BCUT2D eigenvalue weighted by molar-refractivity contribution is 9.10. The molecular weight excluding hydrogens is 366 g/mol. The van der Waals surface area contributed by atoms with E-state index in [0.717, 1.165) is 5.01 Å². The minimum atomic E-state index is -0.930. The molecule has 1 aliphatic heterocycles. The maximum atomic E-state index is 12.2. The molecule has 0 saturated carbocycles. The van der Waals surface area contributed by atoms with Gasteiger partial charge in [-0.25, -0.2) is 4.79 Å². The van der Waals surface area contributed by atoms with Crippen molar-refractivity contribution >= 4 is 34.1 Å². The fourth-order valence-corrected chi connectivity index (χ4v) is 2.53. The number of rotatable bonds is 5. The second-order valence-electron chi connectivity index (χ2n) is 5.26. The fraction of sp³-hybridized carbons (Fsp3) is 0.400. The SMILES string of the molecule is CCOc1cc(/C=N/N2C(=O)N[C@@](C)(CC)C2=O)cc(Br)c1O. The number of urea groups is 1. The lowest BCUT2D eigenvalue weighted by atomic mass is 10.00. The molecule has 1 atom stereocenters. The van der Waals surface area contributed by atoms with E-state index in [1.165, 1.54) is 6.21 Å². The van der Waals surface area contributed by atoms with Gasteiger partial charge in [-0.1, -0.05) is 6.92 Å². The number of hydrazone groups is 1. The quantitative estimate of drug-likeness (QED) is 0.603. The van der Waals surface area contributed by atoms with Gasteiger partial charge in [0.2, 0.25) is 0 Å². The van der Waals surface area contributed by atoms with Crippen LogP contribution in [0.2, 0.25) is 0 Å². The highest BCUT2D eigenvalue weighted by atomic mass is 79.9. The zero-order chi connectivity index (χ0) is 17.2. The molecule has 23 heavy (non-hydrogen) atoms. The summed E-state index contributed by atoms with van der Waals surface area (Å²) < 4.78 is 5.75. The van der Waals surface area contributed by atoms with Crippen molar-refractivity contribution in [2.24, 2.45) is 5.10 Å². The minimum absolute atomic E-state index is 0.0162. The summed E-state index contributed by atoms with van der Waals surface area (Å²) in [5, 5.41) is 17.3. The second kappa shape index (κ2) is 6.57. The number of nitrogens with one attached hydrogen (secondary N) is 1. The van der Waals surface area contributed by atoms with Gasteiger partial charge >= 0.3 is 6.03 Å². The number of imide groups is 1. The number of hydrogen-bond acceptors (Lipinski definition) is 5. The number of nitrogens with zero attached hydrogens (tertiary/aromatic N) is 2. The van der Waals surface area contributed by atoms with Crippen LogP contribution in [-0.4, -0.2) is 40.4 Å². The number of amides is 3. The van der Waals surface area contributed by atoms with Crippen molar-refractivity contribution in [1.82, 2.24) is 10.3 Å². The molecule has 2 N–H and O–H groups in total. The van der Waals surface area contributed by atoms with Crippen molar-refractivity contribution in [3.63, 3.8) is 0 Å². The molecule has 0 radical (unpaired) electrons. The Bertz CT molecular complexity index is 677. The molecule has 1 aromatic carbocycles. The lowest BCUT2D eigenvalue weighted by Gasteiger charge is -2.17. The van der Waals surface area contributed by atoms with Gasteiger partial charge in [0.15, 0.2) is 11.5 Å². The first-order valence-corrected chi connectivity index (χ1v) is 7.97. The number of phenols is 1. The molecule has 3 amide bonds. The van der Waals surface area contributed by atoms with Gasteiger partial charge in [-0.2, -0.15) is 5.10 Å². The molecule has 8 heteroatoms. The largest absolute Gasteiger partial charge is 0.503 e. The maximum absolute atomic E-state index is 12.2. The molecular formula is C15H18BrN3O4. The zero-order valence-electron chi connectivity index (χ0n) is 13.1. The zero-order valence-corrected chi connectivity index (χ0v) is 14.7. The van der Waals surface area contributed by atoms with Crippen molar-refractivity contribution in [2.75, 3.05) is 6.61 Å². The summed E-state index contributed by atoms with van der Waals surface area (Å²) in [6.45, 7) is 5.67. The van der Waals surface area contributed by atoms with Gasteiger partial charge in [0.1, 0.15) is 5.54 Å². The van der Waals surface area contributed by atoms with Crippen molar-refractivity contribution < 1.29 is 19.4 Å². The Morgan fingerprint density at radius 2 is 2.13 bits per heavy atom. The normalized spacial score (nSPS) is 21.1. The molecule has 124 valence electrons. The number of ether oxygens (including phenoxy) is 1. The second-order valence-corrected chi connectivity index (χ2v) is 6.11. The highest BCUT2D eigenvalue weighted by Crippen LogP contribution is 2.35. The summed E-state index contributed by atoms with van der Waals surface area (Å²) in [5.74, 6) is -0.124. The van der Waals surface area contributed by atoms with Crippen LogP contribution < -0.4 is 10.1 Å². The van der Waals surface area contributed by atoms with Crippen LogP contribution in [0.5, 0.6) is 11.5 Å². The van der Waals surface area contributed by atoms with Crippen molar-refractivity contribution in [3.05, 3.63) is 22.2 Å². The molecule has 0 aromatic heterocycles. The number of benzene rings is 1. The molecule has 0 unspecified atom stereocenters. The number of aromatic hydroxyl groups is 1. The monoisotopic (exact) mass is 383 g/mol. The summed E-state index contributed by atoms with van der Waals surface area (Å²) in [6.07, 6.45) is 1.84. The Kier molecular flexibility index (Phi) is 4.93. The molecule has 1 fully saturated rings. The van der Waals surface area contributed by atoms with Gasteiger partial charge in [0, 0.05) is 0 Å². The maximum Gasteiger partial charge on any atom is 0.346 e. The molecule has 7 nitrogen and oxygen atoms in total. The number of phenolic OH excluding ortho intramolecular Hbond substituents is 1. The van der Waals surface area contributed by atoms with Crippen LogP contribution in [0, 0.1) is 0 Å². The van der Waals surface area contributed by atoms with Crippen LogP contribution >= 0.6 is 15.9 Å². The standard InChI is InChI=1S/C15H18BrN3O4/c1-4-15(3)13(21)19(14(22)18-15)17-8-9-6-10(16)12(20)11(7-9)23-5-2/h6-8,20H,4-5H2,1-3H3,(H,18,22)/b17-8+/t15-/m0/s1. The van der Waals surface area contributed by atoms with Crippen LogP contribution in [0.4, 0.5) is 4.79 Å². The fourth-order valence-electron chi connectivity index (χ4n) is 2.07. The molecule has 0 spiro atoms. The summed E-state index contributed by atoms with van der Waals surface area (Å²) in [5.41, 5.74) is -0.357. The van der Waals surface area contributed by atoms with Crippen LogP contribution in [0.15, 0.2) is 21.7 Å². The predicted octanol–water partition coefficient (Wildman–Crippen LogP) is 2.61. The van der Waals surface area contributed by atoms with Crippen molar-refractivity contribution in [3.8, 4) is 11.5 Å². The Morgan fingerprint density at radius 1 is 1.43 bits per heavy atom. The summed E-state index contributed by atoms with van der Waals surface area (Å²) in [4.78, 5) is 24.1. The molecule has 1 saturated heterocycles. The topological polar surface area (TPSA) is 91.2 Å². The van der Waals surface area contributed by atoms with Gasteiger partial charge in [-0.3, -0.25) is 4.79 Å². The Labute approximate surface area is 142 Å². The van der Waals surface area contributed by atoms with Gasteiger partial charge in [0.25, 0.3) is 5.91 Å². The van der Waals surface area contributed by atoms with E-state index in [-0.39, 0.29) is 5.75 Å². The van der Waals surface area contributed by atoms with Gasteiger partial charge in [-0.15, -0.1) is 5.01 Å². The summed E-state index contributed by atoms with van der Waals surface area (Å²) >= 11 is 3.22. The molecule has 0 bridgehead atoms. The van der Waals surface area contributed by atoms with Gasteiger partial charge in [0.05, 0.1) is 17.3 Å². The number of halogens is 1. The minimum Gasteiger partial charge on any atom is -0.503 e. The Balaban J connectivity index is 2.27. The first-order chi connectivity index (χ1) is 10.8. The Morgan fingerprint density at radius 3 is 2.70 bits per heavy atom. The first kappa shape index (κ1) is 17.3. The summed E-state index contributed by atoms with van der Waals surface area (Å²) in [7, 11) is 0. The molecule has 2 rings (SSSR count). The van der Waals surface area contributed by atoms with Crippen LogP contribution in [-0.2, 0) is 4.79 Å². The van der Waals surface area contributed by atoms with E-state index in [4.69, 9.17) is 4.74 Å². The predicted molar refractivity (Wildman–Crippen MR) is 88.6 cm³/mol. The molecule has 1 aromatic rings. The smallest absolute Gasteiger partial charge is 0.346 e. The lowest BCUT2D eigenvalue weighted by Crippen LogP contribution is -2.42. The van der Waals surface area contributed by atoms with Crippen molar-refractivity contribution in [1.29, 1.82) is 0 Å². The van der Waals surface area contributed by atoms with E-state index in [1.54, 1.807) is 26.0 Å². The van der Waals surface area contributed by atoms with Gasteiger partial charge < -0.3 is 15.2 Å². The van der Waals surface area contributed by atoms with E-state index in [2.05, 4.69) is 26.3 Å². The summed E-state index contributed by atoms with van der Waals surface area (Å²) in [6, 6.07) is 2.63. The Hall–Kier alpha value is -2.09. The van der Waals surface area contributed by atoms with Crippen LogP contribution in [0.1, 0.15) is 32.8 Å². The van der Waals surface area contributed by atoms with E-state index >= 15 is 0 Å². The molecule has 0 aliphatic carbocycles. The lowest BCUT2D eigenvalue weighted by molar-refractivity contribution is -0.130. The third-order valence-electron chi connectivity index (χ3n) is 3.62. The highest BCUT2D eigenvalue weighted by Gasteiger charge is 2.46. The number of hydrogen-bond donors (Lipinski definition) is 2. The van der Waals surface area contributed by atoms with Gasteiger partial charge in [-0.05, 0) is 53.9 Å². The average Bonchev–Trinajstić information content (AvgIpc) is 2.73. The molecule has 1 heterocycles. The third kappa shape index (κ3) is 3.31. The van der Waals surface area contributed by atoms with Crippen molar-refractivity contribution in [2.45, 2.75) is 32.7 Å². The molecule has 1 aliphatic rings. The van der Waals surface area contributed by atoms with E-state index in [1.807, 2.05) is 6.92 Å². The first-order valence-electron chi connectivity index (χ1n) is 7.18. The third-order valence-corrected chi connectivity index (χ3v) is 4.22. The van der Waals surface area contributed by atoms with Crippen LogP contribution in [0.25, 0.3) is 0 Å². The van der Waals surface area contributed by atoms with Crippen LogP contribution in [0.3, 0.4) is 0 Å². The number of carbonyl (C=O) groups is 2. The number of carbonyl (C=O) groups excluding carboxylic acids is 2. The van der Waals surface area contributed by atoms with E-state index in [0.29, 0.717) is 28.8 Å². The van der Waals surface area contributed by atoms with E-state index in [9.17, 15) is 14.7 Å².